The van der Waals surface area contributed by atoms with E-state index in [2.05, 4.69) is 4.98 Å². The summed E-state index contributed by atoms with van der Waals surface area (Å²) < 4.78 is 18.3. The Morgan fingerprint density at radius 1 is 1.06 bits per heavy atom. The number of methoxy groups -OCH3 is 1. The highest BCUT2D eigenvalue weighted by Crippen LogP contribution is 2.35. The third-order valence-electron chi connectivity index (χ3n) is 2.32. The predicted molar refractivity (Wildman–Crippen MR) is 71.2 cm³/mol. The third-order valence-corrected chi connectivity index (χ3v) is 3.36. The van der Waals surface area contributed by atoms with Gasteiger partial charge in [-0.05, 0) is 18.2 Å². The van der Waals surface area contributed by atoms with Gasteiger partial charge in [0.2, 0.25) is 5.88 Å². The summed E-state index contributed by atoms with van der Waals surface area (Å²) in [6, 6.07) is 4.34. The van der Waals surface area contributed by atoms with Crippen molar-refractivity contribution >= 4 is 34.8 Å². The summed E-state index contributed by atoms with van der Waals surface area (Å²) in [5, 5.41) is 1.05. The van der Waals surface area contributed by atoms with E-state index in [4.69, 9.17) is 39.5 Å². The number of ether oxygens (including phenoxy) is 1. The van der Waals surface area contributed by atoms with E-state index in [9.17, 15) is 4.39 Å². The van der Waals surface area contributed by atoms with Crippen LogP contribution in [0.3, 0.4) is 0 Å². The van der Waals surface area contributed by atoms with Crippen molar-refractivity contribution in [3.05, 3.63) is 45.3 Å². The topological polar surface area (TPSA) is 22.1 Å². The van der Waals surface area contributed by atoms with Gasteiger partial charge in [0.15, 0.2) is 5.82 Å². The fourth-order valence-electron chi connectivity index (χ4n) is 1.47. The zero-order valence-corrected chi connectivity index (χ0v) is 11.4. The largest absolute Gasteiger partial charge is 0.479 e. The summed E-state index contributed by atoms with van der Waals surface area (Å²) in [6.45, 7) is 0. The molecule has 0 bridgehead atoms. The van der Waals surface area contributed by atoms with Gasteiger partial charge in [-0.3, -0.25) is 0 Å². The molecule has 0 radical (unpaired) electrons. The molecule has 2 aromatic rings. The third kappa shape index (κ3) is 2.53. The van der Waals surface area contributed by atoms with Crippen molar-refractivity contribution in [1.82, 2.24) is 4.98 Å². The fraction of sp³-hybridized carbons (Fsp3) is 0.0833. The molecule has 0 aliphatic carbocycles. The van der Waals surface area contributed by atoms with Crippen molar-refractivity contribution < 1.29 is 9.13 Å². The molecule has 0 fully saturated rings. The Kier molecular flexibility index (Phi) is 3.95. The van der Waals surface area contributed by atoms with E-state index in [1.54, 1.807) is 6.07 Å². The molecule has 0 aliphatic heterocycles. The van der Waals surface area contributed by atoms with E-state index in [1.165, 1.54) is 25.4 Å². The van der Waals surface area contributed by atoms with Gasteiger partial charge < -0.3 is 4.74 Å². The highest BCUT2D eigenvalue weighted by atomic mass is 35.5. The van der Waals surface area contributed by atoms with Crippen LogP contribution in [0.5, 0.6) is 5.88 Å². The maximum absolute atomic E-state index is 13.6. The number of hydrogen-bond acceptors (Lipinski definition) is 2. The molecule has 0 saturated carbocycles. The van der Waals surface area contributed by atoms with Crippen molar-refractivity contribution in [2.75, 3.05) is 7.11 Å². The van der Waals surface area contributed by atoms with Crippen LogP contribution >= 0.6 is 34.8 Å². The summed E-state index contributed by atoms with van der Waals surface area (Å²) in [6.07, 6.45) is 1.45. The zero-order valence-electron chi connectivity index (χ0n) is 9.18. The Labute approximate surface area is 118 Å². The first-order valence-corrected chi connectivity index (χ1v) is 6.00. The second-order valence-electron chi connectivity index (χ2n) is 3.46. The molecule has 0 spiro atoms. The second-order valence-corrected chi connectivity index (χ2v) is 4.68. The van der Waals surface area contributed by atoms with E-state index in [0.717, 1.165) is 0 Å². The van der Waals surface area contributed by atoms with Crippen LogP contribution in [0.4, 0.5) is 4.39 Å². The normalized spacial score (nSPS) is 10.5. The molecular weight excluding hydrogens is 299 g/mol. The quantitative estimate of drug-likeness (QED) is 0.739. The van der Waals surface area contributed by atoms with Crippen LogP contribution in [-0.2, 0) is 0 Å². The highest BCUT2D eigenvalue weighted by Gasteiger charge is 2.11. The Hall–Kier alpha value is -1.03. The molecule has 2 nitrogen and oxygen atoms in total. The van der Waals surface area contributed by atoms with Crippen molar-refractivity contribution in [2.24, 2.45) is 0 Å². The summed E-state index contributed by atoms with van der Waals surface area (Å²) >= 11 is 17.8. The molecule has 2 rings (SSSR count). The molecule has 6 heteroatoms. The smallest absolute Gasteiger partial charge is 0.250 e. The lowest BCUT2D eigenvalue weighted by molar-refractivity contribution is 0.369. The minimum absolute atomic E-state index is 0.0741. The minimum atomic E-state index is -0.572. The van der Waals surface area contributed by atoms with Crippen LogP contribution in [0.15, 0.2) is 24.4 Å². The van der Waals surface area contributed by atoms with Gasteiger partial charge in [-0.15, -0.1) is 0 Å². The van der Waals surface area contributed by atoms with Crippen LogP contribution < -0.4 is 4.74 Å². The maximum atomic E-state index is 13.6. The van der Waals surface area contributed by atoms with Gasteiger partial charge in [-0.1, -0.05) is 34.8 Å². The zero-order chi connectivity index (χ0) is 13.3. The average Bonchev–Trinajstić information content (AvgIpc) is 2.33. The number of benzene rings is 1. The van der Waals surface area contributed by atoms with E-state index >= 15 is 0 Å². The average molecular weight is 307 g/mol. The summed E-state index contributed by atoms with van der Waals surface area (Å²) in [5.41, 5.74) is 1.05. The number of hydrogen-bond donors (Lipinski definition) is 0. The molecule has 18 heavy (non-hydrogen) atoms. The molecule has 0 aliphatic rings. The lowest BCUT2D eigenvalue weighted by atomic mass is 10.1. The number of rotatable bonds is 2. The first kappa shape index (κ1) is 13.4. The van der Waals surface area contributed by atoms with Crippen molar-refractivity contribution in [3.8, 4) is 17.0 Å². The number of aromatic nitrogens is 1. The van der Waals surface area contributed by atoms with Crippen LogP contribution in [0.2, 0.25) is 15.1 Å². The number of halogens is 4. The Morgan fingerprint density at radius 3 is 2.33 bits per heavy atom. The summed E-state index contributed by atoms with van der Waals surface area (Å²) in [7, 11) is 1.34. The van der Waals surface area contributed by atoms with Crippen molar-refractivity contribution in [3.63, 3.8) is 0 Å². The second kappa shape index (κ2) is 5.31. The van der Waals surface area contributed by atoms with Gasteiger partial charge in [0.25, 0.3) is 0 Å². The highest BCUT2D eigenvalue weighted by molar-refractivity contribution is 6.44. The van der Waals surface area contributed by atoms with E-state index in [-0.39, 0.29) is 5.88 Å². The standard InChI is InChI=1S/C12H7Cl3FNO/c1-18-12-11(16)2-6(5-17-12)7-3-9(14)10(15)4-8(7)13/h2-5H,1H3. The first-order valence-electron chi connectivity index (χ1n) is 4.87. The molecule has 1 heterocycles. The lowest BCUT2D eigenvalue weighted by Crippen LogP contribution is -1.93. The van der Waals surface area contributed by atoms with Crippen molar-refractivity contribution in [2.45, 2.75) is 0 Å². The Balaban J connectivity index is 2.55. The Morgan fingerprint density at radius 2 is 1.72 bits per heavy atom. The predicted octanol–water partition coefficient (Wildman–Crippen LogP) is 4.86. The van der Waals surface area contributed by atoms with Crippen LogP contribution in [0, 0.1) is 5.82 Å². The van der Waals surface area contributed by atoms with Crippen LogP contribution in [0.25, 0.3) is 11.1 Å². The molecule has 0 amide bonds. The van der Waals surface area contributed by atoms with Gasteiger partial charge in [0.05, 0.1) is 22.2 Å². The maximum Gasteiger partial charge on any atom is 0.250 e. The van der Waals surface area contributed by atoms with Gasteiger partial charge in [-0.2, -0.15) is 0 Å². The molecule has 94 valence electrons. The molecule has 1 aromatic heterocycles. The van der Waals surface area contributed by atoms with E-state index in [1.807, 2.05) is 0 Å². The van der Waals surface area contributed by atoms with Gasteiger partial charge in [0.1, 0.15) is 0 Å². The molecule has 1 aromatic carbocycles. The minimum Gasteiger partial charge on any atom is -0.479 e. The monoisotopic (exact) mass is 305 g/mol. The Bertz CT molecular complexity index is 604. The lowest BCUT2D eigenvalue weighted by Gasteiger charge is -2.08. The van der Waals surface area contributed by atoms with Crippen molar-refractivity contribution in [1.29, 1.82) is 0 Å². The van der Waals surface area contributed by atoms with E-state index in [0.29, 0.717) is 26.2 Å². The number of pyridine rings is 1. The summed E-state index contributed by atoms with van der Waals surface area (Å²) in [5.74, 6) is -0.646. The molecule has 0 unspecified atom stereocenters. The van der Waals surface area contributed by atoms with E-state index < -0.39 is 5.82 Å². The van der Waals surface area contributed by atoms with Crippen LogP contribution in [-0.4, -0.2) is 12.1 Å². The van der Waals surface area contributed by atoms with Gasteiger partial charge >= 0.3 is 0 Å². The molecule has 0 saturated heterocycles. The molecule has 0 N–H and O–H groups in total. The van der Waals surface area contributed by atoms with Gasteiger partial charge in [-0.25, -0.2) is 9.37 Å². The molecule has 0 atom stereocenters. The van der Waals surface area contributed by atoms with Crippen LogP contribution in [0.1, 0.15) is 0 Å². The number of nitrogens with zero attached hydrogens (tertiary/aromatic N) is 1. The molecular formula is C12H7Cl3FNO. The first-order chi connectivity index (χ1) is 8.52. The SMILES string of the molecule is COc1ncc(-c2cc(Cl)c(Cl)cc2Cl)cc1F. The summed E-state index contributed by atoms with van der Waals surface area (Å²) in [4.78, 5) is 3.83. The van der Waals surface area contributed by atoms with Gasteiger partial charge in [0, 0.05) is 17.3 Å². The fourth-order valence-corrected chi connectivity index (χ4v) is 2.12.